The number of furan rings is 1. The smallest absolute Gasteiger partial charge is 0.228 e. The van der Waals surface area contributed by atoms with Crippen molar-refractivity contribution in [2.24, 2.45) is 0 Å². The maximum absolute atomic E-state index is 12.5. The van der Waals surface area contributed by atoms with E-state index in [1.165, 1.54) is 11.1 Å². The number of fused-ring (bicyclic) bond motifs is 1. The Kier molecular flexibility index (Phi) is 5.40. The molecule has 1 aromatic heterocycles. The summed E-state index contributed by atoms with van der Waals surface area (Å²) in [4.78, 5) is 12.5. The Hall–Kier alpha value is -2.95. The van der Waals surface area contributed by atoms with Crippen LogP contribution in [0.4, 0.5) is 5.69 Å². The zero-order valence-corrected chi connectivity index (χ0v) is 16.4. The van der Waals surface area contributed by atoms with Crippen molar-refractivity contribution in [3.05, 3.63) is 53.3 Å². The summed E-state index contributed by atoms with van der Waals surface area (Å²) < 4.78 is 16.2. The number of ether oxygens (including phenoxy) is 2. The van der Waals surface area contributed by atoms with Crippen molar-refractivity contribution in [2.45, 2.75) is 33.1 Å². The van der Waals surface area contributed by atoms with Crippen LogP contribution in [0.25, 0.3) is 11.0 Å². The van der Waals surface area contributed by atoms with Gasteiger partial charge in [0, 0.05) is 22.7 Å². The first kappa shape index (κ1) is 18.8. The topological polar surface area (TPSA) is 60.7 Å². The first-order chi connectivity index (χ1) is 12.9. The average Bonchev–Trinajstić information content (AvgIpc) is 3.02. The van der Waals surface area contributed by atoms with Crippen LogP contribution in [-0.2, 0) is 11.2 Å². The van der Waals surface area contributed by atoms with Crippen molar-refractivity contribution in [1.82, 2.24) is 0 Å². The Balaban J connectivity index is 1.81. The van der Waals surface area contributed by atoms with Crippen molar-refractivity contribution < 1.29 is 18.7 Å². The maximum Gasteiger partial charge on any atom is 0.228 e. The van der Waals surface area contributed by atoms with E-state index >= 15 is 0 Å². The molecule has 5 nitrogen and oxygen atoms in total. The number of hydrogen-bond acceptors (Lipinski definition) is 4. The second kappa shape index (κ2) is 7.74. The number of amides is 1. The van der Waals surface area contributed by atoms with E-state index in [9.17, 15) is 4.79 Å². The lowest BCUT2D eigenvalue weighted by molar-refractivity contribution is -0.115. The Morgan fingerprint density at radius 2 is 1.85 bits per heavy atom. The molecule has 0 atom stereocenters. The van der Waals surface area contributed by atoms with Crippen LogP contribution in [0.2, 0.25) is 0 Å². The van der Waals surface area contributed by atoms with Gasteiger partial charge in [-0.1, -0.05) is 13.8 Å². The van der Waals surface area contributed by atoms with Gasteiger partial charge in [0.1, 0.15) is 5.58 Å². The lowest BCUT2D eigenvalue weighted by Gasteiger charge is -2.11. The lowest BCUT2D eigenvalue weighted by Crippen LogP contribution is -2.14. The number of hydrogen-bond donors (Lipinski definition) is 1. The first-order valence-corrected chi connectivity index (χ1v) is 8.95. The minimum absolute atomic E-state index is 0.114. The number of benzene rings is 2. The monoisotopic (exact) mass is 367 g/mol. The first-order valence-electron chi connectivity index (χ1n) is 8.95. The number of carbonyl (C=O) groups excluding carboxylic acids is 1. The zero-order valence-electron chi connectivity index (χ0n) is 16.4. The fourth-order valence-corrected chi connectivity index (χ4v) is 3.30. The van der Waals surface area contributed by atoms with Gasteiger partial charge in [0.25, 0.3) is 0 Å². The van der Waals surface area contributed by atoms with Gasteiger partial charge in [0.15, 0.2) is 11.5 Å². The molecule has 3 aromatic rings. The quantitative estimate of drug-likeness (QED) is 0.661. The van der Waals surface area contributed by atoms with Crippen LogP contribution in [0.5, 0.6) is 11.5 Å². The number of methoxy groups -OCH3 is 2. The Labute approximate surface area is 159 Å². The highest BCUT2D eigenvalue weighted by molar-refractivity contribution is 5.95. The fourth-order valence-electron chi connectivity index (χ4n) is 3.30. The molecule has 0 saturated carbocycles. The fraction of sp³-hybridized carbons (Fsp3) is 0.318. The summed E-state index contributed by atoms with van der Waals surface area (Å²) in [7, 11) is 3.14. The van der Waals surface area contributed by atoms with E-state index in [1.807, 2.05) is 6.07 Å². The maximum atomic E-state index is 12.5. The molecule has 0 spiro atoms. The summed E-state index contributed by atoms with van der Waals surface area (Å²) in [6.45, 7) is 6.41. The molecule has 1 heterocycles. The summed E-state index contributed by atoms with van der Waals surface area (Å²) in [6, 6.07) is 9.47. The van der Waals surface area contributed by atoms with Crippen LogP contribution < -0.4 is 14.8 Å². The average molecular weight is 367 g/mol. The minimum Gasteiger partial charge on any atom is -0.493 e. The van der Waals surface area contributed by atoms with Gasteiger partial charge < -0.3 is 19.2 Å². The second-order valence-corrected chi connectivity index (χ2v) is 6.92. The molecule has 0 radical (unpaired) electrons. The summed E-state index contributed by atoms with van der Waals surface area (Å²) >= 11 is 0. The number of carbonyl (C=O) groups is 1. The van der Waals surface area contributed by atoms with Crippen molar-refractivity contribution in [3.63, 3.8) is 0 Å². The molecule has 0 aliphatic heterocycles. The van der Waals surface area contributed by atoms with E-state index in [4.69, 9.17) is 13.9 Å². The molecule has 2 aromatic carbocycles. The molecule has 0 bridgehead atoms. The summed E-state index contributed by atoms with van der Waals surface area (Å²) in [6.07, 6.45) is 1.91. The largest absolute Gasteiger partial charge is 0.493 e. The molecule has 1 N–H and O–H groups in total. The molecule has 0 aliphatic rings. The third-order valence-corrected chi connectivity index (χ3v) is 4.68. The third-order valence-electron chi connectivity index (χ3n) is 4.68. The van der Waals surface area contributed by atoms with Gasteiger partial charge >= 0.3 is 0 Å². The molecular formula is C22H25NO4. The molecule has 5 heteroatoms. The predicted molar refractivity (Wildman–Crippen MR) is 107 cm³/mol. The Morgan fingerprint density at radius 3 is 2.52 bits per heavy atom. The predicted octanol–water partition coefficient (Wildman–Crippen LogP) is 5.06. The number of anilines is 1. The highest BCUT2D eigenvalue weighted by Crippen LogP contribution is 2.31. The normalized spacial score (nSPS) is 11.0. The molecule has 1 amide bonds. The lowest BCUT2D eigenvalue weighted by atomic mass is 9.95. The molecule has 27 heavy (non-hydrogen) atoms. The molecule has 0 aliphatic carbocycles. The number of rotatable bonds is 6. The van der Waals surface area contributed by atoms with Crippen molar-refractivity contribution in [1.29, 1.82) is 0 Å². The standard InChI is InChI=1S/C22H25NO4/c1-13(2)17-11-18-15(12-27-20(18)8-14(17)3)9-22(24)23-16-6-7-19(25-4)21(10-16)26-5/h6-8,10-13H,9H2,1-5H3,(H,23,24). The van der Waals surface area contributed by atoms with Gasteiger partial charge in [-0.3, -0.25) is 4.79 Å². The van der Waals surface area contributed by atoms with Crippen molar-refractivity contribution in [3.8, 4) is 11.5 Å². The van der Waals surface area contributed by atoms with E-state index in [2.05, 4.69) is 32.2 Å². The van der Waals surface area contributed by atoms with Crippen molar-refractivity contribution >= 4 is 22.6 Å². The van der Waals surface area contributed by atoms with E-state index in [0.29, 0.717) is 23.1 Å². The molecule has 142 valence electrons. The SMILES string of the molecule is COc1ccc(NC(=O)Cc2coc3cc(C)c(C(C)C)cc23)cc1OC. The minimum atomic E-state index is -0.114. The molecule has 0 unspecified atom stereocenters. The van der Waals surface area contributed by atoms with Gasteiger partial charge in [-0.2, -0.15) is 0 Å². The third kappa shape index (κ3) is 3.92. The van der Waals surface area contributed by atoms with Crippen LogP contribution in [0.15, 0.2) is 41.0 Å². The van der Waals surface area contributed by atoms with Gasteiger partial charge in [0.2, 0.25) is 5.91 Å². The van der Waals surface area contributed by atoms with E-state index in [1.54, 1.807) is 38.7 Å². The number of nitrogens with one attached hydrogen (secondary N) is 1. The van der Waals surface area contributed by atoms with Gasteiger partial charge in [-0.05, 0) is 48.2 Å². The highest BCUT2D eigenvalue weighted by Gasteiger charge is 2.15. The molecule has 0 fully saturated rings. The van der Waals surface area contributed by atoms with Gasteiger partial charge in [-0.15, -0.1) is 0 Å². The summed E-state index contributed by atoms with van der Waals surface area (Å²) in [5.74, 6) is 1.49. The van der Waals surface area contributed by atoms with Crippen molar-refractivity contribution in [2.75, 3.05) is 19.5 Å². The second-order valence-electron chi connectivity index (χ2n) is 6.92. The van der Waals surface area contributed by atoms with Crippen LogP contribution in [0, 0.1) is 6.92 Å². The van der Waals surface area contributed by atoms with Crippen LogP contribution in [0.3, 0.4) is 0 Å². The molecule has 3 rings (SSSR count). The molecule has 0 saturated heterocycles. The Morgan fingerprint density at radius 1 is 1.11 bits per heavy atom. The Bertz CT molecular complexity index is 972. The van der Waals surface area contributed by atoms with Gasteiger partial charge in [-0.25, -0.2) is 0 Å². The van der Waals surface area contributed by atoms with E-state index in [-0.39, 0.29) is 12.3 Å². The molecular weight excluding hydrogens is 342 g/mol. The number of aryl methyl sites for hydroxylation is 1. The highest BCUT2D eigenvalue weighted by atomic mass is 16.5. The summed E-state index contributed by atoms with van der Waals surface area (Å²) in [5.41, 5.74) is 4.82. The van der Waals surface area contributed by atoms with Crippen LogP contribution in [0.1, 0.15) is 36.5 Å². The summed E-state index contributed by atoms with van der Waals surface area (Å²) in [5, 5.41) is 3.90. The van der Waals surface area contributed by atoms with Crippen LogP contribution >= 0.6 is 0 Å². The van der Waals surface area contributed by atoms with Gasteiger partial charge in [0.05, 0.1) is 26.9 Å². The van der Waals surface area contributed by atoms with E-state index in [0.717, 1.165) is 16.5 Å². The van der Waals surface area contributed by atoms with E-state index < -0.39 is 0 Å². The van der Waals surface area contributed by atoms with Crippen LogP contribution in [-0.4, -0.2) is 20.1 Å². The zero-order chi connectivity index (χ0) is 19.6.